The first kappa shape index (κ1) is 23.0. The molecule has 0 radical (unpaired) electrons. The Morgan fingerprint density at radius 2 is 1.57 bits per heavy atom. The van der Waals surface area contributed by atoms with Gasteiger partial charge >= 0.3 is 0 Å². The molecule has 2 atom stereocenters. The van der Waals surface area contributed by atoms with Gasteiger partial charge in [0.05, 0.1) is 6.61 Å². The Labute approximate surface area is 175 Å². The van der Waals surface area contributed by atoms with Crippen LogP contribution >= 0.6 is 0 Å². The van der Waals surface area contributed by atoms with Crippen LogP contribution in [-0.2, 0) is 0 Å². The lowest BCUT2D eigenvalue weighted by atomic mass is 9.78. The maximum absolute atomic E-state index is 5.93. The fraction of sp³-hybridized carbons (Fsp3) is 0.704. The zero-order valence-electron chi connectivity index (χ0n) is 18.8. The molecule has 1 aromatic rings. The van der Waals surface area contributed by atoms with Crippen LogP contribution in [0.4, 0.5) is 0 Å². The normalized spacial score (nSPS) is 18.0. The van der Waals surface area contributed by atoms with Gasteiger partial charge < -0.3 is 4.74 Å². The predicted octanol–water partition coefficient (Wildman–Crippen LogP) is 8.83. The summed E-state index contributed by atoms with van der Waals surface area (Å²) in [6.07, 6.45) is 19.8. The van der Waals surface area contributed by atoms with Crippen molar-refractivity contribution in [2.45, 2.75) is 104 Å². The summed E-state index contributed by atoms with van der Waals surface area (Å²) in [4.78, 5) is 0. The second kappa shape index (κ2) is 13.9. The molecule has 0 heterocycles. The number of allylic oxidation sites excluding steroid dienone is 2. The maximum Gasteiger partial charge on any atom is 0.119 e. The van der Waals surface area contributed by atoms with Crippen LogP contribution in [0.3, 0.4) is 0 Å². The number of hydrogen-bond acceptors (Lipinski definition) is 1. The van der Waals surface area contributed by atoms with Gasteiger partial charge in [-0.05, 0) is 60.8 Å². The standard InChI is InChI=1S/C27H44O/c1-4-6-8-9-10-12-22-28-27-20-18-26(19-21-27)25-16-14-24(15-17-25)23(3)13-11-7-5-2/h16,18-21,23-24H,4-15,17,22H2,1-3H3. The Balaban J connectivity index is 1.70. The van der Waals surface area contributed by atoms with Crippen molar-refractivity contribution in [3.8, 4) is 5.75 Å². The Kier molecular flexibility index (Phi) is 11.4. The van der Waals surface area contributed by atoms with E-state index in [1.807, 2.05) is 0 Å². The van der Waals surface area contributed by atoms with Gasteiger partial charge in [0.25, 0.3) is 0 Å². The van der Waals surface area contributed by atoms with Crippen molar-refractivity contribution in [3.05, 3.63) is 35.9 Å². The number of rotatable bonds is 14. The SMILES string of the molecule is CCCCCCCCOc1ccc(C2=CCC(C(C)CCCCC)CC2)cc1. The molecule has 1 nitrogen and oxygen atoms in total. The van der Waals surface area contributed by atoms with Crippen molar-refractivity contribution in [3.63, 3.8) is 0 Å². The first-order valence-corrected chi connectivity index (χ1v) is 12.2. The van der Waals surface area contributed by atoms with Gasteiger partial charge in [0.15, 0.2) is 0 Å². The minimum atomic E-state index is 0.853. The van der Waals surface area contributed by atoms with Crippen LogP contribution in [-0.4, -0.2) is 6.61 Å². The molecule has 28 heavy (non-hydrogen) atoms. The number of hydrogen-bond donors (Lipinski definition) is 0. The van der Waals surface area contributed by atoms with E-state index in [9.17, 15) is 0 Å². The molecule has 1 aromatic carbocycles. The average Bonchev–Trinajstić information content (AvgIpc) is 2.74. The molecule has 0 amide bonds. The highest BCUT2D eigenvalue weighted by molar-refractivity contribution is 5.66. The molecule has 1 aliphatic carbocycles. The Hall–Kier alpha value is -1.24. The van der Waals surface area contributed by atoms with Gasteiger partial charge in [0.1, 0.15) is 5.75 Å². The van der Waals surface area contributed by atoms with Crippen molar-refractivity contribution >= 4 is 5.57 Å². The second-order valence-electron chi connectivity index (χ2n) is 8.88. The molecule has 158 valence electrons. The molecule has 0 bridgehead atoms. The molecule has 2 rings (SSSR count). The first-order valence-electron chi connectivity index (χ1n) is 12.2. The third kappa shape index (κ3) is 8.41. The van der Waals surface area contributed by atoms with Crippen LogP contribution < -0.4 is 4.74 Å². The molecule has 0 saturated heterocycles. The number of ether oxygens (including phenoxy) is 1. The van der Waals surface area contributed by atoms with E-state index in [-0.39, 0.29) is 0 Å². The van der Waals surface area contributed by atoms with Crippen molar-refractivity contribution < 1.29 is 4.74 Å². The topological polar surface area (TPSA) is 9.23 Å². The molecule has 0 fully saturated rings. The zero-order valence-corrected chi connectivity index (χ0v) is 18.8. The van der Waals surface area contributed by atoms with E-state index in [1.54, 1.807) is 5.57 Å². The molecule has 1 aliphatic rings. The quantitative estimate of drug-likeness (QED) is 0.291. The van der Waals surface area contributed by atoms with E-state index in [2.05, 4.69) is 51.1 Å². The largest absolute Gasteiger partial charge is 0.494 e. The summed E-state index contributed by atoms with van der Waals surface area (Å²) in [7, 11) is 0. The van der Waals surface area contributed by atoms with Gasteiger partial charge in [-0.2, -0.15) is 0 Å². The molecule has 2 unspecified atom stereocenters. The monoisotopic (exact) mass is 384 g/mol. The fourth-order valence-electron chi connectivity index (χ4n) is 4.42. The van der Waals surface area contributed by atoms with Gasteiger partial charge in [0.2, 0.25) is 0 Å². The van der Waals surface area contributed by atoms with Crippen LogP contribution in [0.15, 0.2) is 30.3 Å². The van der Waals surface area contributed by atoms with Crippen molar-refractivity contribution in [1.82, 2.24) is 0 Å². The highest BCUT2D eigenvalue weighted by Gasteiger charge is 2.20. The second-order valence-corrected chi connectivity index (χ2v) is 8.88. The lowest BCUT2D eigenvalue weighted by molar-refractivity contribution is 0.304. The van der Waals surface area contributed by atoms with Gasteiger partial charge in [-0.15, -0.1) is 0 Å². The summed E-state index contributed by atoms with van der Waals surface area (Å²) in [5, 5.41) is 0. The summed E-state index contributed by atoms with van der Waals surface area (Å²) in [5.74, 6) is 2.79. The predicted molar refractivity (Wildman–Crippen MR) is 124 cm³/mol. The third-order valence-electron chi connectivity index (χ3n) is 6.51. The minimum Gasteiger partial charge on any atom is -0.494 e. The van der Waals surface area contributed by atoms with E-state index in [4.69, 9.17) is 4.74 Å². The molecule has 0 aliphatic heterocycles. The van der Waals surface area contributed by atoms with Crippen LogP contribution in [0.1, 0.15) is 110 Å². The molecular formula is C27H44O. The van der Waals surface area contributed by atoms with Gasteiger partial charge in [-0.3, -0.25) is 0 Å². The molecule has 0 saturated carbocycles. The number of unbranched alkanes of at least 4 members (excludes halogenated alkanes) is 7. The van der Waals surface area contributed by atoms with Crippen molar-refractivity contribution in [2.24, 2.45) is 11.8 Å². The Morgan fingerprint density at radius 1 is 0.893 bits per heavy atom. The van der Waals surface area contributed by atoms with E-state index in [0.717, 1.165) is 24.2 Å². The molecule has 0 spiro atoms. The van der Waals surface area contributed by atoms with Gasteiger partial charge in [-0.25, -0.2) is 0 Å². The summed E-state index contributed by atoms with van der Waals surface area (Å²) < 4.78 is 5.93. The minimum absolute atomic E-state index is 0.853. The summed E-state index contributed by atoms with van der Waals surface area (Å²) in [6, 6.07) is 8.83. The van der Waals surface area contributed by atoms with E-state index in [0.29, 0.717) is 0 Å². The summed E-state index contributed by atoms with van der Waals surface area (Å²) in [5.41, 5.74) is 2.93. The smallest absolute Gasteiger partial charge is 0.119 e. The van der Waals surface area contributed by atoms with Crippen LogP contribution in [0.25, 0.3) is 5.57 Å². The van der Waals surface area contributed by atoms with Crippen LogP contribution in [0.2, 0.25) is 0 Å². The average molecular weight is 385 g/mol. The Bertz CT molecular complexity index is 542. The lowest BCUT2D eigenvalue weighted by Gasteiger charge is -2.27. The Morgan fingerprint density at radius 3 is 2.25 bits per heavy atom. The van der Waals surface area contributed by atoms with E-state index >= 15 is 0 Å². The van der Waals surface area contributed by atoms with Crippen LogP contribution in [0, 0.1) is 11.8 Å². The first-order chi connectivity index (χ1) is 13.7. The molecular weight excluding hydrogens is 340 g/mol. The fourth-order valence-corrected chi connectivity index (χ4v) is 4.42. The summed E-state index contributed by atoms with van der Waals surface area (Å²) in [6.45, 7) is 7.88. The maximum atomic E-state index is 5.93. The number of benzene rings is 1. The van der Waals surface area contributed by atoms with E-state index in [1.165, 1.54) is 89.0 Å². The van der Waals surface area contributed by atoms with Gasteiger partial charge in [-0.1, -0.05) is 96.8 Å². The van der Waals surface area contributed by atoms with Gasteiger partial charge in [0, 0.05) is 0 Å². The molecule has 0 aromatic heterocycles. The molecule has 1 heteroatoms. The van der Waals surface area contributed by atoms with Crippen molar-refractivity contribution in [2.75, 3.05) is 6.61 Å². The van der Waals surface area contributed by atoms with Crippen LogP contribution in [0.5, 0.6) is 5.75 Å². The highest BCUT2D eigenvalue weighted by atomic mass is 16.5. The van der Waals surface area contributed by atoms with E-state index < -0.39 is 0 Å². The lowest BCUT2D eigenvalue weighted by Crippen LogP contribution is -2.14. The third-order valence-corrected chi connectivity index (χ3v) is 6.51. The van der Waals surface area contributed by atoms with Crippen molar-refractivity contribution in [1.29, 1.82) is 0 Å². The summed E-state index contributed by atoms with van der Waals surface area (Å²) >= 11 is 0. The zero-order chi connectivity index (χ0) is 20.0. The highest BCUT2D eigenvalue weighted by Crippen LogP contribution is 2.36. The molecule has 0 N–H and O–H groups in total.